The number of nitriles is 1. The Bertz CT molecular complexity index is 435. The molecule has 0 aliphatic heterocycles. The molecule has 0 heterocycles. The van der Waals surface area contributed by atoms with Gasteiger partial charge in [0, 0.05) is 0 Å². The van der Waals surface area contributed by atoms with Gasteiger partial charge in [-0.05, 0) is 18.6 Å². The number of hydrogen-bond donors (Lipinski definition) is 0. The van der Waals surface area contributed by atoms with Gasteiger partial charge in [-0.2, -0.15) is 5.26 Å². The van der Waals surface area contributed by atoms with E-state index in [1.165, 1.54) is 7.11 Å². The molecule has 0 aromatic heterocycles. The Kier molecular flexibility index (Phi) is 3.87. The molecule has 1 aromatic rings. The highest BCUT2D eigenvalue weighted by atomic mass is 79.9. The lowest BCUT2D eigenvalue weighted by Crippen LogP contribution is -2.07. The summed E-state index contributed by atoms with van der Waals surface area (Å²) in [4.78, 5) is 11.6. The molecule has 4 heteroatoms. The van der Waals surface area contributed by atoms with Gasteiger partial charge in [-0.15, -0.1) is 0 Å². The Morgan fingerprint density at radius 1 is 1.60 bits per heavy atom. The third-order valence-electron chi connectivity index (χ3n) is 2.08. The monoisotopic (exact) mass is 267 g/mol. The fourth-order valence-corrected chi connectivity index (χ4v) is 1.67. The number of nitrogens with zero attached hydrogens (tertiary/aromatic N) is 1. The summed E-state index contributed by atoms with van der Waals surface area (Å²) in [5.41, 5.74) is 1.56. The zero-order valence-electron chi connectivity index (χ0n) is 8.50. The van der Waals surface area contributed by atoms with Crippen LogP contribution in [0, 0.1) is 18.3 Å². The Morgan fingerprint density at radius 2 is 2.27 bits per heavy atom. The van der Waals surface area contributed by atoms with Crippen molar-refractivity contribution < 1.29 is 9.53 Å². The van der Waals surface area contributed by atoms with Crippen LogP contribution in [0.1, 0.15) is 21.5 Å². The van der Waals surface area contributed by atoms with Crippen LogP contribution in [-0.4, -0.2) is 18.2 Å². The molecule has 1 aromatic carbocycles. The van der Waals surface area contributed by atoms with Crippen LogP contribution in [0.4, 0.5) is 0 Å². The van der Waals surface area contributed by atoms with E-state index < -0.39 is 0 Å². The van der Waals surface area contributed by atoms with E-state index in [2.05, 4.69) is 15.9 Å². The summed E-state index contributed by atoms with van der Waals surface area (Å²) in [5.74, 6) is 0.339. The van der Waals surface area contributed by atoms with Crippen LogP contribution < -0.4 is 4.74 Å². The number of carbonyl (C=O) groups is 1. The average Bonchev–Trinajstić information content (AvgIpc) is 2.27. The summed E-state index contributed by atoms with van der Waals surface area (Å²) in [7, 11) is 1.49. The second kappa shape index (κ2) is 4.94. The molecule has 0 unspecified atom stereocenters. The van der Waals surface area contributed by atoms with Gasteiger partial charge in [-0.3, -0.25) is 4.79 Å². The molecule has 0 saturated carbocycles. The predicted molar refractivity (Wildman–Crippen MR) is 60.6 cm³/mol. The normalized spacial score (nSPS) is 9.47. The largest absolute Gasteiger partial charge is 0.496 e. The van der Waals surface area contributed by atoms with Crippen molar-refractivity contribution in [3.8, 4) is 11.8 Å². The van der Waals surface area contributed by atoms with E-state index in [1.54, 1.807) is 12.1 Å². The average molecular weight is 268 g/mol. The van der Waals surface area contributed by atoms with Crippen molar-refractivity contribution in [2.75, 3.05) is 12.4 Å². The van der Waals surface area contributed by atoms with Gasteiger partial charge < -0.3 is 4.74 Å². The Balaban J connectivity index is 3.49. The van der Waals surface area contributed by atoms with Crippen LogP contribution in [0.5, 0.6) is 5.75 Å². The van der Waals surface area contributed by atoms with Gasteiger partial charge in [0.15, 0.2) is 5.78 Å². The number of carbonyl (C=O) groups excluding carboxylic acids is 1. The van der Waals surface area contributed by atoms with Crippen molar-refractivity contribution in [1.82, 2.24) is 0 Å². The number of methoxy groups -OCH3 is 1. The minimum Gasteiger partial charge on any atom is -0.496 e. The molecule has 0 radical (unpaired) electrons. The number of halogens is 1. The molecule has 0 atom stereocenters. The number of alkyl halides is 1. The van der Waals surface area contributed by atoms with Crippen LogP contribution in [0.3, 0.4) is 0 Å². The molecule has 15 heavy (non-hydrogen) atoms. The number of ether oxygens (including phenoxy) is 1. The molecule has 0 amide bonds. The molecular weight excluding hydrogens is 258 g/mol. The maximum Gasteiger partial charge on any atom is 0.178 e. The van der Waals surface area contributed by atoms with Gasteiger partial charge >= 0.3 is 0 Å². The van der Waals surface area contributed by atoms with Gasteiger partial charge in [0.05, 0.1) is 23.6 Å². The maximum atomic E-state index is 11.6. The Labute approximate surface area is 96.8 Å². The first kappa shape index (κ1) is 11.7. The molecule has 0 aliphatic rings. The standard InChI is InChI=1S/C11H10BrNO2/c1-7-3-4-8(6-13)10(9(14)5-12)11(7)15-2/h3-4H,5H2,1-2H3. The van der Waals surface area contributed by atoms with Crippen LogP contribution >= 0.6 is 15.9 Å². The minimum atomic E-state index is -0.146. The predicted octanol–water partition coefficient (Wildman–Crippen LogP) is 2.45. The Morgan fingerprint density at radius 3 is 2.73 bits per heavy atom. The van der Waals surface area contributed by atoms with E-state index in [9.17, 15) is 4.79 Å². The second-order valence-corrected chi connectivity index (χ2v) is 3.57. The lowest BCUT2D eigenvalue weighted by atomic mass is 10.0. The maximum absolute atomic E-state index is 11.6. The number of ketones is 1. The summed E-state index contributed by atoms with van der Waals surface area (Å²) in [6.45, 7) is 1.84. The molecule has 0 bridgehead atoms. The summed E-state index contributed by atoms with van der Waals surface area (Å²) in [5, 5.41) is 9.08. The van der Waals surface area contributed by atoms with Crippen molar-refractivity contribution in [2.24, 2.45) is 0 Å². The molecule has 0 spiro atoms. The smallest absolute Gasteiger partial charge is 0.178 e. The Hall–Kier alpha value is -1.34. The number of Topliss-reactive ketones (excluding diaryl/α,β-unsaturated/α-hetero) is 1. The van der Waals surface area contributed by atoms with Crippen molar-refractivity contribution in [3.63, 3.8) is 0 Å². The summed E-state index contributed by atoms with van der Waals surface area (Å²) < 4.78 is 5.15. The van der Waals surface area contributed by atoms with Crippen LogP contribution in [0.15, 0.2) is 12.1 Å². The third kappa shape index (κ3) is 2.18. The fraction of sp³-hybridized carbons (Fsp3) is 0.273. The van der Waals surface area contributed by atoms with E-state index in [-0.39, 0.29) is 11.1 Å². The lowest BCUT2D eigenvalue weighted by molar-refractivity contribution is 0.102. The molecule has 78 valence electrons. The van der Waals surface area contributed by atoms with Gasteiger partial charge in [0.1, 0.15) is 11.8 Å². The summed E-state index contributed by atoms with van der Waals surface area (Å²) in [6.07, 6.45) is 0. The van der Waals surface area contributed by atoms with Crippen LogP contribution in [0.25, 0.3) is 0 Å². The van der Waals surface area contributed by atoms with Gasteiger partial charge in [0.2, 0.25) is 0 Å². The van der Waals surface area contributed by atoms with E-state index in [1.807, 2.05) is 13.0 Å². The van der Waals surface area contributed by atoms with E-state index in [0.717, 1.165) is 5.56 Å². The summed E-state index contributed by atoms with van der Waals surface area (Å²) >= 11 is 3.09. The molecule has 0 aliphatic carbocycles. The second-order valence-electron chi connectivity index (χ2n) is 3.01. The van der Waals surface area contributed by atoms with Gasteiger partial charge in [0.25, 0.3) is 0 Å². The number of hydrogen-bond acceptors (Lipinski definition) is 3. The van der Waals surface area contributed by atoms with Gasteiger partial charge in [-0.1, -0.05) is 22.0 Å². The number of aryl methyl sites for hydroxylation is 1. The van der Waals surface area contributed by atoms with Crippen molar-refractivity contribution >= 4 is 21.7 Å². The van der Waals surface area contributed by atoms with Crippen molar-refractivity contribution in [1.29, 1.82) is 5.26 Å². The van der Waals surface area contributed by atoms with Crippen LogP contribution in [-0.2, 0) is 0 Å². The summed E-state index contributed by atoms with van der Waals surface area (Å²) in [6, 6.07) is 5.39. The quantitative estimate of drug-likeness (QED) is 0.625. The molecule has 0 fully saturated rings. The third-order valence-corrected chi connectivity index (χ3v) is 2.59. The first-order valence-corrected chi connectivity index (χ1v) is 5.44. The SMILES string of the molecule is COc1c(C)ccc(C#N)c1C(=O)CBr. The topological polar surface area (TPSA) is 50.1 Å². The highest BCUT2D eigenvalue weighted by Gasteiger charge is 2.17. The zero-order valence-corrected chi connectivity index (χ0v) is 10.1. The molecule has 0 N–H and O–H groups in total. The van der Waals surface area contributed by atoms with E-state index >= 15 is 0 Å². The minimum absolute atomic E-state index is 0.146. The van der Waals surface area contributed by atoms with Gasteiger partial charge in [-0.25, -0.2) is 0 Å². The number of benzene rings is 1. The zero-order chi connectivity index (χ0) is 11.4. The van der Waals surface area contributed by atoms with Crippen molar-refractivity contribution in [2.45, 2.75) is 6.92 Å². The highest BCUT2D eigenvalue weighted by molar-refractivity contribution is 9.09. The van der Waals surface area contributed by atoms with Crippen LogP contribution in [0.2, 0.25) is 0 Å². The molecule has 0 saturated heterocycles. The molecule has 1 rings (SSSR count). The van der Waals surface area contributed by atoms with E-state index in [0.29, 0.717) is 16.9 Å². The first-order valence-electron chi connectivity index (χ1n) is 4.32. The van der Waals surface area contributed by atoms with E-state index in [4.69, 9.17) is 10.00 Å². The molecular formula is C11H10BrNO2. The lowest BCUT2D eigenvalue weighted by Gasteiger charge is -2.10. The van der Waals surface area contributed by atoms with Crippen molar-refractivity contribution in [3.05, 3.63) is 28.8 Å². The highest BCUT2D eigenvalue weighted by Crippen LogP contribution is 2.27. The fourth-order valence-electron chi connectivity index (χ4n) is 1.39. The first-order chi connectivity index (χ1) is 7.15. The number of rotatable bonds is 3. The molecule has 3 nitrogen and oxygen atoms in total.